The number of fused-ring (bicyclic) bond motifs is 1. The molecule has 0 saturated carbocycles. The molecular weight excluding hydrogens is 396 g/mol. The number of ether oxygens (including phenoxy) is 1. The fourth-order valence-corrected chi connectivity index (χ4v) is 3.32. The van der Waals surface area contributed by atoms with Crippen LogP contribution in [0.2, 0.25) is 0 Å². The lowest BCUT2D eigenvalue weighted by atomic mass is 10.1. The van der Waals surface area contributed by atoms with Gasteiger partial charge in [-0.05, 0) is 43.7 Å². The summed E-state index contributed by atoms with van der Waals surface area (Å²) in [5, 5.41) is 0. The fraction of sp³-hybridized carbons (Fsp3) is 0.250. The molecule has 0 unspecified atom stereocenters. The smallest absolute Gasteiger partial charge is 0.338 e. The number of rotatable bonds is 8. The zero-order valence-corrected chi connectivity index (χ0v) is 17.6. The summed E-state index contributed by atoms with van der Waals surface area (Å²) in [4.78, 5) is 52.1. The molecule has 1 aliphatic rings. The minimum atomic E-state index is -0.619. The number of carbonyl (C=O) groups excluding carboxylic acids is 4. The van der Waals surface area contributed by atoms with Gasteiger partial charge in [0, 0.05) is 13.1 Å². The number of imide groups is 1. The summed E-state index contributed by atoms with van der Waals surface area (Å²) in [6.45, 7) is 8.12. The highest BCUT2D eigenvalue weighted by molar-refractivity contribution is 6.21. The largest absolute Gasteiger partial charge is 0.452 e. The third-order valence-corrected chi connectivity index (χ3v) is 4.93. The second-order valence-electron chi connectivity index (χ2n) is 7.38. The molecule has 0 radical (unpaired) electrons. The van der Waals surface area contributed by atoms with Crippen molar-refractivity contribution in [2.75, 3.05) is 19.7 Å². The molecule has 1 heterocycles. The van der Waals surface area contributed by atoms with Crippen LogP contribution in [0, 0.1) is 0 Å². The van der Waals surface area contributed by atoms with Crippen molar-refractivity contribution < 1.29 is 23.9 Å². The Labute approximate surface area is 180 Å². The number of hydrogen-bond donors (Lipinski definition) is 0. The topological polar surface area (TPSA) is 84.0 Å². The first-order valence-corrected chi connectivity index (χ1v) is 9.95. The molecule has 0 N–H and O–H groups in total. The predicted octanol–water partition coefficient (Wildman–Crippen LogP) is 3.06. The van der Waals surface area contributed by atoms with E-state index in [2.05, 4.69) is 6.58 Å². The van der Waals surface area contributed by atoms with Crippen LogP contribution >= 0.6 is 0 Å². The number of carbonyl (C=O) groups is 4. The summed E-state index contributed by atoms with van der Waals surface area (Å²) >= 11 is 0. The van der Waals surface area contributed by atoms with E-state index in [0.717, 1.165) is 5.57 Å². The molecule has 2 aromatic carbocycles. The summed E-state index contributed by atoms with van der Waals surface area (Å²) in [7, 11) is 0. The zero-order valence-electron chi connectivity index (χ0n) is 17.6. The van der Waals surface area contributed by atoms with Gasteiger partial charge in [0.1, 0.15) is 0 Å². The molecule has 0 spiro atoms. The van der Waals surface area contributed by atoms with Gasteiger partial charge in [-0.25, -0.2) is 4.79 Å². The van der Waals surface area contributed by atoms with Crippen molar-refractivity contribution in [1.82, 2.24) is 9.80 Å². The highest BCUT2D eigenvalue weighted by Gasteiger charge is 2.34. The maximum absolute atomic E-state index is 12.5. The van der Waals surface area contributed by atoms with Gasteiger partial charge >= 0.3 is 5.97 Å². The van der Waals surface area contributed by atoms with Crippen LogP contribution < -0.4 is 0 Å². The van der Waals surface area contributed by atoms with Gasteiger partial charge in [-0.2, -0.15) is 0 Å². The predicted molar refractivity (Wildman–Crippen MR) is 114 cm³/mol. The van der Waals surface area contributed by atoms with E-state index in [0.29, 0.717) is 29.8 Å². The lowest BCUT2D eigenvalue weighted by Gasteiger charge is -2.20. The Morgan fingerprint density at radius 1 is 1.00 bits per heavy atom. The molecular formula is C24H24N2O5. The Balaban J connectivity index is 1.58. The third-order valence-electron chi connectivity index (χ3n) is 4.93. The second-order valence-corrected chi connectivity index (χ2v) is 7.38. The first kappa shape index (κ1) is 22.0. The molecule has 160 valence electrons. The van der Waals surface area contributed by atoms with Gasteiger partial charge in [0.05, 0.1) is 23.2 Å². The van der Waals surface area contributed by atoms with Gasteiger partial charge in [0.25, 0.3) is 17.7 Å². The van der Waals surface area contributed by atoms with Crippen LogP contribution in [0.3, 0.4) is 0 Å². The number of nitrogens with zero attached hydrogens (tertiary/aromatic N) is 2. The van der Waals surface area contributed by atoms with E-state index < -0.39 is 5.97 Å². The van der Waals surface area contributed by atoms with E-state index in [1.807, 2.05) is 13.8 Å². The van der Waals surface area contributed by atoms with Crippen molar-refractivity contribution in [3.05, 3.63) is 82.9 Å². The summed E-state index contributed by atoms with van der Waals surface area (Å²) in [5.74, 6) is -1.58. The Kier molecular flexibility index (Phi) is 6.65. The van der Waals surface area contributed by atoms with Crippen LogP contribution in [0.25, 0.3) is 0 Å². The van der Waals surface area contributed by atoms with E-state index in [1.54, 1.807) is 53.4 Å². The van der Waals surface area contributed by atoms with E-state index in [-0.39, 0.29) is 36.4 Å². The van der Waals surface area contributed by atoms with Gasteiger partial charge in [0.15, 0.2) is 6.61 Å². The minimum Gasteiger partial charge on any atom is -0.452 e. The molecule has 0 aromatic heterocycles. The molecule has 2 aromatic rings. The van der Waals surface area contributed by atoms with Gasteiger partial charge in [-0.15, -0.1) is 0 Å². The standard InChI is InChI=1S/C24H24N2O5/c1-4-25(13-16(2)3)21(27)15-31-24(30)18-11-9-17(10-12-18)14-26-22(28)19-7-5-6-8-20(19)23(26)29/h5-12H,2,4,13-15H2,1,3H3. The maximum Gasteiger partial charge on any atom is 0.338 e. The Hall–Kier alpha value is -3.74. The molecule has 0 bridgehead atoms. The minimum absolute atomic E-state index is 0.104. The Morgan fingerprint density at radius 3 is 2.10 bits per heavy atom. The lowest BCUT2D eigenvalue weighted by molar-refractivity contribution is -0.133. The van der Waals surface area contributed by atoms with Crippen molar-refractivity contribution in [3.63, 3.8) is 0 Å². The van der Waals surface area contributed by atoms with Crippen molar-refractivity contribution in [3.8, 4) is 0 Å². The highest BCUT2D eigenvalue weighted by atomic mass is 16.5. The first-order valence-electron chi connectivity index (χ1n) is 9.95. The molecule has 7 heteroatoms. The van der Waals surface area contributed by atoms with Crippen LogP contribution in [0.15, 0.2) is 60.7 Å². The normalized spacial score (nSPS) is 12.5. The van der Waals surface area contributed by atoms with E-state index >= 15 is 0 Å². The lowest BCUT2D eigenvalue weighted by Crippen LogP contribution is -2.35. The second kappa shape index (κ2) is 9.38. The van der Waals surface area contributed by atoms with Crippen molar-refractivity contribution >= 4 is 23.7 Å². The maximum atomic E-state index is 12.5. The molecule has 0 atom stereocenters. The van der Waals surface area contributed by atoms with Gasteiger partial charge < -0.3 is 9.64 Å². The molecule has 7 nitrogen and oxygen atoms in total. The monoisotopic (exact) mass is 420 g/mol. The molecule has 1 aliphatic heterocycles. The Bertz CT molecular complexity index is 1010. The van der Waals surface area contributed by atoms with Crippen LogP contribution in [0.1, 0.15) is 50.5 Å². The summed E-state index contributed by atoms with van der Waals surface area (Å²) in [5.41, 5.74) is 2.60. The summed E-state index contributed by atoms with van der Waals surface area (Å²) < 4.78 is 5.13. The average molecular weight is 420 g/mol. The average Bonchev–Trinajstić information content (AvgIpc) is 3.01. The number of benzene rings is 2. The van der Waals surface area contributed by atoms with Gasteiger partial charge in [-0.1, -0.05) is 36.4 Å². The van der Waals surface area contributed by atoms with Crippen molar-refractivity contribution in [2.45, 2.75) is 20.4 Å². The first-order chi connectivity index (χ1) is 14.8. The number of likely N-dealkylation sites (N-methyl/N-ethyl adjacent to an activating group) is 1. The molecule has 31 heavy (non-hydrogen) atoms. The van der Waals surface area contributed by atoms with Crippen LogP contribution in [-0.2, 0) is 16.1 Å². The zero-order chi connectivity index (χ0) is 22.5. The van der Waals surface area contributed by atoms with Crippen molar-refractivity contribution in [2.24, 2.45) is 0 Å². The SMILES string of the molecule is C=C(C)CN(CC)C(=O)COC(=O)c1ccc(CN2C(=O)c3ccccc3C2=O)cc1. The summed E-state index contributed by atoms with van der Waals surface area (Å²) in [6, 6.07) is 13.1. The van der Waals surface area contributed by atoms with Crippen LogP contribution in [0.5, 0.6) is 0 Å². The number of esters is 1. The molecule has 3 amide bonds. The van der Waals surface area contributed by atoms with Crippen molar-refractivity contribution in [1.29, 1.82) is 0 Å². The quantitative estimate of drug-likeness (QED) is 0.372. The van der Waals surface area contributed by atoms with Crippen LogP contribution in [-0.4, -0.2) is 53.2 Å². The van der Waals surface area contributed by atoms with E-state index in [4.69, 9.17) is 4.74 Å². The fourth-order valence-electron chi connectivity index (χ4n) is 3.32. The third kappa shape index (κ3) is 4.88. The highest BCUT2D eigenvalue weighted by Crippen LogP contribution is 2.24. The summed E-state index contributed by atoms with van der Waals surface area (Å²) in [6.07, 6.45) is 0. The van der Waals surface area contributed by atoms with Gasteiger partial charge in [0.2, 0.25) is 0 Å². The number of amides is 3. The molecule has 0 aliphatic carbocycles. The van der Waals surface area contributed by atoms with Gasteiger partial charge in [-0.3, -0.25) is 19.3 Å². The molecule has 3 rings (SSSR count). The van der Waals surface area contributed by atoms with E-state index in [1.165, 1.54) is 4.90 Å². The molecule has 0 saturated heterocycles. The van der Waals surface area contributed by atoms with Crippen LogP contribution in [0.4, 0.5) is 0 Å². The molecule has 0 fully saturated rings. The number of hydrogen-bond acceptors (Lipinski definition) is 5. The Morgan fingerprint density at radius 2 is 1.58 bits per heavy atom. The van der Waals surface area contributed by atoms with E-state index in [9.17, 15) is 19.2 Å².